The third-order valence-corrected chi connectivity index (χ3v) is 5.36. The molecule has 1 fully saturated rings. The lowest BCUT2D eigenvalue weighted by molar-refractivity contribution is -0.158. The molecule has 1 aliphatic rings. The van der Waals surface area contributed by atoms with Crippen molar-refractivity contribution in [3.05, 3.63) is 58.1 Å². The Morgan fingerprint density at radius 1 is 1.00 bits per heavy atom. The topological polar surface area (TPSA) is 59.0 Å². The number of halogens is 6. The summed E-state index contributed by atoms with van der Waals surface area (Å²) in [5.41, 5.74) is 1.28. The molecule has 0 saturated carbocycles. The Hall–Kier alpha value is -2.95. The van der Waals surface area contributed by atoms with Gasteiger partial charge in [0.25, 0.3) is 0 Å². The maximum Gasteiger partial charge on any atom is 0.422 e. The lowest BCUT2D eigenvalue weighted by Crippen LogP contribution is -2.49. The Morgan fingerprint density at radius 2 is 1.62 bits per heavy atom. The van der Waals surface area contributed by atoms with Crippen LogP contribution in [0.15, 0.2) is 30.3 Å². The molecule has 5 nitrogen and oxygen atoms in total. The van der Waals surface area contributed by atoms with E-state index in [0.29, 0.717) is 31.5 Å². The van der Waals surface area contributed by atoms with E-state index in [1.165, 1.54) is 6.07 Å². The van der Waals surface area contributed by atoms with Gasteiger partial charge in [0.1, 0.15) is 18.1 Å². The summed E-state index contributed by atoms with van der Waals surface area (Å²) >= 11 is 0. The first kappa shape index (κ1) is 25.7. The second-order valence-corrected chi connectivity index (χ2v) is 8.31. The quantitative estimate of drug-likeness (QED) is 0.504. The number of benzene rings is 2. The fourth-order valence-electron chi connectivity index (χ4n) is 3.80. The van der Waals surface area contributed by atoms with Gasteiger partial charge in [-0.2, -0.15) is 26.3 Å². The molecule has 0 amide bonds. The summed E-state index contributed by atoms with van der Waals surface area (Å²) in [5, 5.41) is 8.97. The molecule has 0 atom stereocenters. The van der Waals surface area contributed by atoms with Gasteiger partial charge in [0.2, 0.25) is 0 Å². The zero-order chi connectivity index (χ0) is 25.3. The van der Waals surface area contributed by atoms with E-state index >= 15 is 0 Å². The van der Waals surface area contributed by atoms with Gasteiger partial charge in [0, 0.05) is 19.6 Å². The smallest absolute Gasteiger partial charge is 0.422 e. The second-order valence-electron chi connectivity index (χ2n) is 8.31. The lowest BCUT2D eigenvalue weighted by atomic mass is 9.98. The fraction of sp³-hybridized carbons (Fsp3) is 0.435. The predicted molar refractivity (Wildman–Crippen MR) is 110 cm³/mol. The van der Waals surface area contributed by atoms with Gasteiger partial charge in [-0.15, -0.1) is 0 Å². The molecule has 1 aliphatic heterocycles. The molecule has 1 heterocycles. The van der Waals surface area contributed by atoms with Crippen molar-refractivity contribution in [1.82, 2.24) is 4.90 Å². The van der Waals surface area contributed by atoms with Crippen LogP contribution < -0.4 is 9.47 Å². The molecule has 3 rings (SSSR count). The van der Waals surface area contributed by atoms with Crippen molar-refractivity contribution >= 4 is 5.97 Å². The molecule has 0 unspecified atom stereocenters. The van der Waals surface area contributed by atoms with Crippen molar-refractivity contribution in [2.45, 2.75) is 39.4 Å². The maximum absolute atomic E-state index is 13.4. The summed E-state index contributed by atoms with van der Waals surface area (Å²) in [5.74, 6) is -1.60. The van der Waals surface area contributed by atoms with Crippen LogP contribution in [0.2, 0.25) is 0 Å². The zero-order valence-corrected chi connectivity index (χ0v) is 18.4. The molecule has 2 aromatic carbocycles. The molecule has 34 heavy (non-hydrogen) atoms. The van der Waals surface area contributed by atoms with Gasteiger partial charge >= 0.3 is 18.3 Å². The molecular formula is C23H23F6NO4. The van der Waals surface area contributed by atoms with Gasteiger partial charge in [0.15, 0.2) is 6.61 Å². The standard InChI is InChI=1S/C23H23F6NO4/c1-13-5-16(8-30-9-17(10-30)21(31)32)6-14(2)20(13)33-11-15-3-4-19(34-12-22(24,25)26)18(7-15)23(27,28)29/h3-7,17H,8-12H2,1-2H3,(H,31,32). The predicted octanol–water partition coefficient (Wildman–Crippen LogP) is 5.36. The maximum atomic E-state index is 13.4. The first-order valence-electron chi connectivity index (χ1n) is 10.3. The summed E-state index contributed by atoms with van der Waals surface area (Å²) < 4.78 is 87.2. The first-order valence-corrected chi connectivity index (χ1v) is 10.3. The average Bonchev–Trinajstić information content (AvgIpc) is 2.67. The highest BCUT2D eigenvalue weighted by molar-refractivity contribution is 5.71. The van der Waals surface area contributed by atoms with Crippen molar-refractivity contribution < 1.29 is 45.7 Å². The van der Waals surface area contributed by atoms with Gasteiger partial charge in [-0.05, 0) is 48.2 Å². The minimum Gasteiger partial charge on any atom is -0.488 e. The molecule has 1 saturated heterocycles. The number of carboxylic acid groups (broad SMARTS) is 1. The van der Waals surface area contributed by atoms with Crippen LogP contribution in [0.5, 0.6) is 11.5 Å². The van der Waals surface area contributed by atoms with Crippen LogP contribution in [0, 0.1) is 19.8 Å². The number of carboxylic acids is 1. The molecular weight excluding hydrogens is 468 g/mol. The van der Waals surface area contributed by atoms with E-state index in [1.807, 2.05) is 17.0 Å². The minimum atomic E-state index is -4.90. The van der Waals surface area contributed by atoms with Gasteiger partial charge in [-0.25, -0.2) is 0 Å². The molecule has 11 heteroatoms. The van der Waals surface area contributed by atoms with Crippen molar-refractivity contribution in [2.24, 2.45) is 5.92 Å². The number of aliphatic carboxylic acids is 1. The Morgan fingerprint density at radius 3 is 2.15 bits per heavy atom. The number of carbonyl (C=O) groups is 1. The highest BCUT2D eigenvalue weighted by Gasteiger charge is 2.36. The molecule has 186 valence electrons. The van der Waals surface area contributed by atoms with Crippen LogP contribution in [-0.2, 0) is 24.1 Å². The molecule has 1 N–H and O–H groups in total. The number of ether oxygens (including phenoxy) is 2. The molecule has 2 aromatic rings. The van der Waals surface area contributed by atoms with Crippen LogP contribution in [-0.4, -0.2) is 41.8 Å². The van der Waals surface area contributed by atoms with E-state index in [1.54, 1.807) is 13.8 Å². The van der Waals surface area contributed by atoms with Crippen LogP contribution in [0.4, 0.5) is 26.3 Å². The van der Waals surface area contributed by atoms with Crippen molar-refractivity contribution in [3.63, 3.8) is 0 Å². The number of likely N-dealkylation sites (tertiary alicyclic amines) is 1. The Labute approximate surface area is 191 Å². The molecule has 0 spiro atoms. The van der Waals surface area contributed by atoms with Crippen LogP contribution >= 0.6 is 0 Å². The van der Waals surface area contributed by atoms with Gasteiger partial charge < -0.3 is 14.6 Å². The first-order chi connectivity index (χ1) is 15.7. The van der Waals surface area contributed by atoms with Crippen molar-refractivity contribution in [1.29, 1.82) is 0 Å². The number of hydrogen-bond donors (Lipinski definition) is 1. The number of alkyl halides is 6. The van der Waals surface area contributed by atoms with E-state index in [-0.39, 0.29) is 18.1 Å². The SMILES string of the molecule is Cc1cc(CN2CC(C(=O)O)C2)cc(C)c1OCc1ccc(OCC(F)(F)F)c(C(F)(F)F)c1. The normalized spacial score (nSPS) is 15.2. The molecule has 0 radical (unpaired) electrons. The second kappa shape index (κ2) is 9.73. The number of hydrogen-bond acceptors (Lipinski definition) is 4. The van der Waals surface area contributed by atoms with E-state index in [2.05, 4.69) is 4.74 Å². The largest absolute Gasteiger partial charge is 0.488 e. The highest BCUT2D eigenvalue weighted by atomic mass is 19.4. The van der Waals surface area contributed by atoms with Gasteiger partial charge in [-0.1, -0.05) is 18.2 Å². The lowest BCUT2D eigenvalue weighted by Gasteiger charge is -2.36. The van der Waals surface area contributed by atoms with E-state index in [9.17, 15) is 31.1 Å². The van der Waals surface area contributed by atoms with E-state index in [0.717, 1.165) is 22.8 Å². The number of nitrogens with zero attached hydrogens (tertiary/aromatic N) is 1. The average molecular weight is 491 g/mol. The van der Waals surface area contributed by atoms with Crippen LogP contribution in [0.1, 0.15) is 27.8 Å². The molecule has 0 bridgehead atoms. The molecule has 0 aromatic heterocycles. The Kier molecular flexibility index (Phi) is 7.35. The van der Waals surface area contributed by atoms with E-state index in [4.69, 9.17) is 9.84 Å². The van der Waals surface area contributed by atoms with Crippen molar-refractivity contribution in [2.75, 3.05) is 19.7 Å². The van der Waals surface area contributed by atoms with Crippen LogP contribution in [0.25, 0.3) is 0 Å². The monoisotopic (exact) mass is 491 g/mol. The van der Waals surface area contributed by atoms with Gasteiger partial charge in [-0.3, -0.25) is 9.69 Å². The number of rotatable bonds is 8. The third kappa shape index (κ3) is 6.55. The van der Waals surface area contributed by atoms with Crippen LogP contribution in [0.3, 0.4) is 0 Å². The summed E-state index contributed by atoms with van der Waals surface area (Å²) in [4.78, 5) is 12.9. The molecule has 0 aliphatic carbocycles. The number of aryl methyl sites for hydroxylation is 2. The van der Waals surface area contributed by atoms with Crippen molar-refractivity contribution in [3.8, 4) is 11.5 Å². The Bertz CT molecular complexity index is 1020. The summed E-state index contributed by atoms with van der Waals surface area (Å²) in [6.45, 7) is 3.03. The van der Waals surface area contributed by atoms with E-state index < -0.39 is 36.2 Å². The third-order valence-electron chi connectivity index (χ3n) is 5.36. The Balaban J connectivity index is 1.69. The van der Waals surface area contributed by atoms with Gasteiger partial charge in [0.05, 0.1) is 11.5 Å². The summed E-state index contributed by atoms with van der Waals surface area (Å²) in [7, 11) is 0. The summed E-state index contributed by atoms with van der Waals surface area (Å²) in [6.07, 6.45) is -9.67. The summed E-state index contributed by atoms with van der Waals surface area (Å²) in [6, 6.07) is 6.53. The minimum absolute atomic E-state index is 0.120. The highest BCUT2D eigenvalue weighted by Crippen LogP contribution is 2.38. The fourth-order valence-corrected chi connectivity index (χ4v) is 3.80. The zero-order valence-electron chi connectivity index (χ0n) is 18.4.